The van der Waals surface area contributed by atoms with E-state index >= 15 is 0 Å². The molecule has 7 heteroatoms. The first kappa shape index (κ1) is 15.4. The number of carbonyl (C=O) groups excluding carboxylic acids is 1. The molecule has 1 aromatic rings. The summed E-state index contributed by atoms with van der Waals surface area (Å²) in [4.78, 5) is 23.0. The van der Waals surface area contributed by atoms with Crippen LogP contribution in [-0.2, 0) is 16.1 Å². The predicted octanol–water partition coefficient (Wildman–Crippen LogP) is 1.56. The van der Waals surface area contributed by atoms with Crippen LogP contribution in [0.1, 0.15) is 13.3 Å². The average molecular weight is 330 g/mol. The third-order valence-electron chi connectivity index (χ3n) is 2.24. The van der Waals surface area contributed by atoms with Crippen molar-refractivity contribution in [1.29, 1.82) is 0 Å². The first-order valence-electron chi connectivity index (χ1n) is 5.86. The van der Waals surface area contributed by atoms with E-state index in [9.17, 15) is 9.59 Å². The van der Waals surface area contributed by atoms with E-state index < -0.39 is 0 Å². The van der Waals surface area contributed by atoms with E-state index in [0.717, 1.165) is 0 Å². The number of halogens is 1. The van der Waals surface area contributed by atoms with E-state index in [-0.39, 0.29) is 17.9 Å². The molecule has 104 valence electrons. The number of carbonyl (C=O) groups is 1. The molecule has 0 aromatic carbocycles. The molecule has 0 bridgehead atoms. The monoisotopic (exact) mass is 329 g/mol. The van der Waals surface area contributed by atoms with Gasteiger partial charge in [0.25, 0.3) is 5.56 Å². The Morgan fingerprint density at radius 2 is 2.42 bits per heavy atom. The summed E-state index contributed by atoms with van der Waals surface area (Å²) in [5.41, 5.74) is 0.302. The van der Waals surface area contributed by atoms with Crippen molar-refractivity contribution in [2.45, 2.75) is 19.9 Å². The van der Waals surface area contributed by atoms with Gasteiger partial charge < -0.3 is 10.1 Å². The molecular formula is C12H16BrN3O3. The Morgan fingerprint density at radius 3 is 3.05 bits per heavy atom. The van der Waals surface area contributed by atoms with Crippen LogP contribution >= 0.6 is 15.9 Å². The van der Waals surface area contributed by atoms with Crippen molar-refractivity contribution in [2.24, 2.45) is 0 Å². The number of ether oxygens (including phenoxy) is 1. The lowest BCUT2D eigenvalue weighted by atomic mass is 10.4. The number of nitrogens with zero attached hydrogens (tertiary/aromatic N) is 2. The first-order chi connectivity index (χ1) is 9.10. The van der Waals surface area contributed by atoms with Crippen LogP contribution in [0.3, 0.4) is 0 Å². The lowest BCUT2D eigenvalue weighted by Gasteiger charge is -2.09. The quantitative estimate of drug-likeness (QED) is 0.607. The predicted molar refractivity (Wildman–Crippen MR) is 76.1 cm³/mol. The average Bonchev–Trinajstić information content (AvgIpc) is 2.38. The number of aromatic nitrogens is 2. The second-order valence-corrected chi connectivity index (χ2v) is 4.42. The summed E-state index contributed by atoms with van der Waals surface area (Å²) >= 11 is 3.21. The molecule has 1 rings (SSSR count). The maximum atomic E-state index is 11.9. The second kappa shape index (κ2) is 7.73. The summed E-state index contributed by atoms with van der Waals surface area (Å²) in [5.74, 6) is -0.279. The van der Waals surface area contributed by atoms with Crippen molar-refractivity contribution in [3.05, 3.63) is 33.7 Å². The fourth-order valence-corrected chi connectivity index (χ4v) is 1.82. The summed E-state index contributed by atoms with van der Waals surface area (Å²) in [6.07, 6.45) is 3.35. The van der Waals surface area contributed by atoms with Crippen molar-refractivity contribution in [2.75, 3.05) is 18.5 Å². The summed E-state index contributed by atoms with van der Waals surface area (Å²) in [6.45, 7) is 6.40. The van der Waals surface area contributed by atoms with Crippen molar-refractivity contribution in [1.82, 2.24) is 9.78 Å². The van der Waals surface area contributed by atoms with Gasteiger partial charge in [-0.1, -0.05) is 6.08 Å². The Labute approximate surface area is 119 Å². The summed E-state index contributed by atoms with van der Waals surface area (Å²) < 4.78 is 6.47. The molecule has 0 aliphatic carbocycles. The van der Waals surface area contributed by atoms with Gasteiger partial charge in [-0.25, -0.2) is 4.68 Å². The zero-order valence-electron chi connectivity index (χ0n) is 10.7. The lowest BCUT2D eigenvalue weighted by molar-refractivity contribution is -0.142. The van der Waals surface area contributed by atoms with Crippen LogP contribution in [0.5, 0.6) is 0 Å². The van der Waals surface area contributed by atoms with E-state index in [2.05, 4.69) is 32.9 Å². The summed E-state index contributed by atoms with van der Waals surface area (Å²) in [6, 6.07) is 0. The molecule has 0 saturated carbocycles. The molecule has 1 N–H and O–H groups in total. The molecule has 19 heavy (non-hydrogen) atoms. The molecule has 1 aromatic heterocycles. The van der Waals surface area contributed by atoms with E-state index in [1.165, 1.54) is 10.9 Å². The van der Waals surface area contributed by atoms with Crippen LogP contribution < -0.4 is 10.9 Å². The third kappa shape index (κ3) is 4.51. The van der Waals surface area contributed by atoms with Crippen LogP contribution in [0, 0.1) is 0 Å². The number of rotatable bonds is 7. The normalized spacial score (nSPS) is 10.0. The molecule has 0 aliphatic heterocycles. The van der Waals surface area contributed by atoms with Crippen LogP contribution in [-0.4, -0.2) is 28.9 Å². The summed E-state index contributed by atoms with van der Waals surface area (Å²) in [7, 11) is 0. The van der Waals surface area contributed by atoms with E-state index in [1.54, 1.807) is 13.0 Å². The van der Waals surface area contributed by atoms with Crippen LogP contribution in [0.25, 0.3) is 0 Å². The molecule has 1 heterocycles. The second-order valence-electron chi connectivity index (χ2n) is 3.63. The van der Waals surface area contributed by atoms with Gasteiger partial charge in [0.15, 0.2) is 0 Å². The lowest BCUT2D eigenvalue weighted by Crippen LogP contribution is -2.24. The zero-order valence-corrected chi connectivity index (χ0v) is 12.3. The molecular weight excluding hydrogens is 314 g/mol. The zero-order chi connectivity index (χ0) is 14.3. The third-order valence-corrected chi connectivity index (χ3v) is 3.00. The van der Waals surface area contributed by atoms with Crippen LogP contribution in [0.15, 0.2) is 28.1 Å². The van der Waals surface area contributed by atoms with Crippen LogP contribution in [0.4, 0.5) is 5.69 Å². The van der Waals surface area contributed by atoms with Gasteiger partial charge in [-0.3, -0.25) is 9.59 Å². The molecule has 0 saturated heterocycles. The van der Waals surface area contributed by atoms with E-state index in [4.69, 9.17) is 4.74 Å². The van der Waals surface area contributed by atoms with E-state index in [1.807, 2.05) is 0 Å². The smallest absolute Gasteiger partial charge is 0.307 e. The first-order valence-corrected chi connectivity index (χ1v) is 6.65. The maximum absolute atomic E-state index is 11.9. The van der Waals surface area contributed by atoms with E-state index in [0.29, 0.717) is 29.9 Å². The minimum Gasteiger partial charge on any atom is -0.466 e. The van der Waals surface area contributed by atoms with Gasteiger partial charge in [-0.05, 0) is 22.9 Å². The van der Waals surface area contributed by atoms with Crippen molar-refractivity contribution >= 4 is 27.6 Å². The van der Waals surface area contributed by atoms with Crippen LogP contribution in [0.2, 0.25) is 0 Å². The largest absolute Gasteiger partial charge is 0.466 e. The minimum atomic E-state index is -0.279. The van der Waals surface area contributed by atoms with Crippen molar-refractivity contribution in [3.8, 4) is 0 Å². The highest BCUT2D eigenvalue weighted by Crippen LogP contribution is 2.15. The maximum Gasteiger partial charge on any atom is 0.307 e. The Kier molecular flexibility index (Phi) is 6.27. The van der Waals surface area contributed by atoms with Gasteiger partial charge in [-0.15, -0.1) is 6.58 Å². The molecule has 0 spiro atoms. The van der Waals surface area contributed by atoms with Crippen molar-refractivity contribution in [3.63, 3.8) is 0 Å². The Balaban J connectivity index is 2.65. The Morgan fingerprint density at radius 1 is 1.68 bits per heavy atom. The molecule has 0 radical (unpaired) electrons. The standard InChI is InChI=1S/C12H16BrN3O3/c1-3-7-16-12(18)11(13)9(8-15-16)14-6-5-10(17)19-4-2/h3,8,14H,1,4-7H2,2H3. The highest BCUT2D eigenvalue weighted by Gasteiger charge is 2.08. The molecule has 0 atom stereocenters. The Hall–Kier alpha value is -1.63. The molecule has 0 unspecified atom stereocenters. The fraction of sp³-hybridized carbons (Fsp3) is 0.417. The fourth-order valence-electron chi connectivity index (χ4n) is 1.37. The van der Waals surface area contributed by atoms with Crippen molar-refractivity contribution < 1.29 is 9.53 Å². The number of hydrogen-bond acceptors (Lipinski definition) is 5. The molecule has 0 fully saturated rings. The number of allylic oxidation sites excluding steroid dienone is 1. The molecule has 0 aliphatic rings. The highest BCUT2D eigenvalue weighted by molar-refractivity contribution is 9.10. The van der Waals surface area contributed by atoms with Gasteiger partial charge in [0, 0.05) is 6.54 Å². The minimum absolute atomic E-state index is 0.232. The number of esters is 1. The highest BCUT2D eigenvalue weighted by atomic mass is 79.9. The summed E-state index contributed by atoms with van der Waals surface area (Å²) in [5, 5.41) is 6.95. The number of nitrogens with one attached hydrogen (secondary N) is 1. The van der Waals surface area contributed by atoms with Gasteiger partial charge >= 0.3 is 5.97 Å². The van der Waals surface area contributed by atoms with Gasteiger partial charge in [0.05, 0.1) is 31.5 Å². The SMILES string of the molecule is C=CCn1ncc(NCCC(=O)OCC)c(Br)c1=O. The Bertz CT molecular complexity index is 513. The molecule has 0 amide bonds. The topological polar surface area (TPSA) is 73.2 Å². The van der Waals surface area contributed by atoms with Gasteiger partial charge in [0.1, 0.15) is 4.47 Å². The van der Waals surface area contributed by atoms with Gasteiger partial charge in [0.2, 0.25) is 0 Å². The number of anilines is 1. The molecule has 6 nitrogen and oxygen atoms in total. The van der Waals surface area contributed by atoms with Gasteiger partial charge in [-0.2, -0.15) is 5.10 Å². The number of hydrogen-bond donors (Lipinski definition) is 1.